The van der Waals surface area contributed by atoms with Gasteiger partial charge < -0.3 is 15.8 Å². The van der Waals surface area contributed by atoms with Gasteiger partial charge in [-0.05, 0) is 42.4 Å². The Labute approximate surface area is 151 Å². The van der Waals surface area contributed by atoms with Crippen LogP contribution in [-0.2, 0) is 22.7 Å². The van der Waals surface area contributed by atoms with Crippen molar-refractivity contribution in [2.75, 3.05) is 20.2 Å². The number of nitrogens with one attached hydrogen (secondary N) is 1. The number of hydrogen-bond donors (Lipinski definition) is 2. The van der Waals surface area contributed by atoms with Gasteiger partial charge >= 0.3 is 0 Å². The normalized spacial score (nSPS) is 10.6. The number of benzene rings is 2. The number of rotatable bonds is 9. The van der Waals surface area contributed by atoms with E-state index in [2.05, 4.69) is 5.32 Å². The first-order valence-corrected chi connectivity index (χ1v) is 8.12. The maximum Gasteiger partial charge on any atom is 0.255 e. The molecule has 0 bridgehead atoms. The van der Waals surface area contributed by atoms with Crippen LogP contribution < -0.4 is 15.8 Å². The molecular formula is C19H22FN3O3. The van der Waals surface area contributed by atoms with Gasteiger partial charge in [-0.15, -0.1) is 0 Å². The molecule has 0 aliphatic rings. The molecule has 6 nitrogen and oxygen atoms in total. The Bertz CT molecular complexity index is 750. The van der Waals surface area contributed by atoms with E-state index in [1.807, 2.05) is 11.0 Å². The number of primary amides is 1. The zero-order chi connectivity index (χ0) is 18.9. The first-order chi connectivity index (χ1) is 12.4. The van der Waals surface area contributed by atoms with Gasteiger partial charge in [0.1, 0.15) is 11.6 Å². The lowest BCUT2D eigenvalue weighted by Crippen LogP contribution is -2.34. The molecule has 0 saturated heterocycles. The van der Waals surface area contributed by atoms with Crippen molar-refractivity contribution in [3.8, 4) is 5.75 Å². The van der Waals surface area contributed by atoms with E-state index in [1.54, 1.807) is 37.4 Å². The minimum absolute atomic E-state index is 0.127. The lowest BCUT2D eigenvalue weighted by atomic mass is 10.2. The molecule has 2 rings (SSSR count). The Kier molecular flexibility index (Phi) is 7.11. The van der Waals surface area contributed by atoms with Gasteiger partial charge in [-0.25, -0.2) is 4.39 Å². The van der Waals surface area contributed by atoms with E-state index in [9.17, 15) is 14.0 Å². The fourth-order valence-electron chi connectivity index (χ4n) is 2.36. The van der Waals surface area contributed by atoms with Crippen LogP contribution in [0.15, 0.2) is 48.5 Å². The van der Waals surface area contributed by atoms with Crippen molar-refractivity contribution in [1.82, 2.24) is 10.2 Å². The molecule has 2 aromatic carbocycles. The van der Waals surface area contributed by atoms with E-state index >= 15 is 0 Å². The van der Waals surface area contributed by atoms with Gasteiger partial charge in [0.25, 0.3) is 5.91 Å². The van der Waals surface area contributed by atoms with Crippen LogP contribution >= 0.6 is 0 Å². The molecule has 7 heteroatoms. The number of carbonyl (C=O) groups excluding carboxylic acids is 2. The number of hydrogen-bond acceptors (Lipinski definition) is 4. The third-order valence-corrected chi connectivity index (χ3v) is 3.55. The van der Waals surface area contributed by atoms with Gasteiger partial charge in [-0.2, -0.15) is 0 Å². The fraction of sp³-hybridized carbons (Fsp3) is 0.263. The van der Waals surface area contributed by atoms with Crippen LogP contribution in [0, 0.1) is 5.82 Å². The number of ether oxygens (including phenoxy) is 1. The Morgan fingerprint density at radius 1 is 1.15 bits per heavy atom. The highest BCUT2D eigenvalue weighted by Crippen LogP contribution is 2.12. The smallest absolute Gasteiger partial charge is 0.255 e. The summed E-state index contributed by atoms with van der Waals surface area (Å²) in [6, 6.07) is 13.3. The standard InChI is InChI=1S/C19H22FN3O3/c1-23(11-15-3-2-4-16(20)9-15)12-19(25)22-10-14-5-7-17(8-6-14)26-13-18(21)24/h2-9H,10-13H2,1H3,(H2,21,24)(H,22,25). The third kappa shape index (κ3) is 6.90. The second kappa shape index (κ2) is 9.53. The van der Waals surface area contributed by atoms with Crippen molar-refractivity contribution in [2.45, 2.75) is 13.1 Å². The van der Waals surface area contributed by atoms with Crippen molar-refractivity contribution in [1.29, 1.82) is 0 Å². The molecule has 2 amide bonds. The van der Waals surface area contributed by atoms with Crippen LogP contribution in [0.4, 0.5) is 4.39 Å². The van der Waals surface area contributed by atoms with Gasteiger partial charge in [0, 0.05) is 13.1 Å². The Morgan fingerprint density at radius 2 is 1.88 bits per heavy atom. The molecule has 0 aromatic heterocycles. The zero-order valence-electron chi connectivity index (χ0n) is 14.6. The molecule has 0 atom stereocenters. The Balaban J connectivity index is 1.74. The molecule has 0 unspecified atom stereocenters. The summed E-state index contributed by atoms with van der Waals surface area (Å²) in [7, 11) is 1.80. The number of nitrogens with zero attached hydrogens (tertiary/aromatic N) is 1. The van der Waals surface area contributed by atoms with E-state index in [4.69, 9.17) is 10.5 Å². The second-order valence-electron chi connectivity index (χ2n) is 5.98. The van der Waals surface area contributed by atoms with E-state index in [0.717, 1.165) is 11.1 Å². The van der Waals surface area contributed by atoms with Crippen LogP contribution in [0.3, 0.4) is 0 Å². The summed E-state index contributed by atoms with van der Waals surface area (Å²) < 4.78 is 18.3. The molecule has 0 heterocycles. The maximum atomic E-state index is 13.2. The average molecular weight is 359 g/mol. The van der Waals surface area contributed by atoms with Crippen molar-refractivity contribution in [2.24, 2.45) is 5.73 Å². The van der Waals surface area contributed by atoms with Crippen LogP contribution in [0.5, 0.6) is 5.75 Å². The summed E-state index contributed by atoms with van der Waals surface area (Å²) in [5, 5.41) is 2.83. The first kappa shape index (κ1) is 19.4. The van der Waals surface area contributed by atoms with E-state index < -0.39 is 5.91 Å². The predicted molar refractivity (Wildman–Crippen MR) is 95.7 cm³/mol. The summed E-state index contributed by atoms with van der Waals surface area (Å²) >= 11 is 0. The monoisotopic (exact) mass is 359 g/mol. The van der Waals surface area contributed by atoms with Gasteiger partial charge in [0.15, 0.2) is 6.61 Å². The molecular weight excluding hydrogens is 337 g/mol. The fourth-order valence-corrected chi connectivity index (χ4v) is 2.36. The maximum absolute atomic E-state index is 13.2. The van der Waals surface area contributed by atoms with Crippen LogP contribution in [0.2, 0.25) is 0 Å². The molecule has 0 fully saturated rings. The van der Waals surface area contributed by atoms with Gasteiger partial charge in [-0.1, -0.05) is 24.3 Å². The van der Waals surface area contributed by atoms with Crippen molar-refractivity contribution >= 4 is 11.8 Å². The van der Waals surface area contributed by atoms with Gasteiger partial charge in [-0.3, -0.25) is 14.5 Å². The highest BCUT2D eigenvalue weighted by molar-refractivity contribution is 5.78. The number of carbonyl (C=O) groups is 2. The predicted octanol–water partition coefficient (Wildman–Crippen LogP) is 1.44. The third-order valence-electron chi connectivity index (χ3n) is 3.55. The minimum atomic E-state index is -0.538. The summed E-state index contributed by atoms with van der Waals surface area (Å²) in [5.74, 6) is -0.418. The zero-order valence-corrected chi connectivity index (χ0v) is 14.6. The Hall–Kier alpha value is -2.93. The van der Waals surface area contributed by atoms with Crippen molar-refractivity contribution in [3.05, 3.63) is 65.5 Å². The largest absolute Gasteiger partial charge is 0.484 e. The highest BCUT2D eigenvalue weighted by Gasteiger charge is 2.08. The molecule has 0 aliphatic heterocycles. The molecule has 138 valence electrons. The summed E-state index contributed by atoms with van der Waals surface area (Å²) in [6.45, 7) is 0.893. The molecule has 0 spiro atoms. The lowest BCUT2D eigenvalue weighted by molar-refractivity contribution is -0.122. The number of amides is 2. The molecule has 26 heavy (non-hydrogen) atoms. The van der Waals surface area contributed by atoms with Gasteiger partial charge in [0.2, 0.25) is 5.91 Å². The van der Waals surface area contributed by atoms with Crippen molar-refractivity contribution in [3.63, 3.8) is 0 Å². The molecule has 0 aliphatic carbocycles. The summed E-state index contributed by atoms with van der Waals surface area (Å²) in [5.41, 5.74) is 6.73. The quantitative estimate of drug-likeness (QED) is 0.710. The van der Waals surface area contributed by atoms with Crippen LogP contribution in [0.1, 0.15) is 11.1 Å². The van der Waals surface area contributed by atoms with Crippen LogP contribution in [-0.4, -0.2) is 36.9 Å². The van der Waals surface area contributed by atoms with E-state index in [0.29, 0.717) is 18.8 Å². The average Bonchev–Trinajstić information content (AvgIpc) is 2.59. The second-order valence-corrected chi connectivity index (χ2v) is 5.98. The highest BCUT2D eigenvalue weighted by atomic mass is 19.1. The summed E-state index contributed by atoms with van der Waals surface area (Å²) in [4.78, 5) is 24.5. The summed E-state index contributed by atoms with van der Waals surface area (Å²) in [6.07, 6.45) is 0. The first-order valence-electron chi connectivity index (χ1n) is 8.12. The van der Waals surface area contributed by atoms with E-state index in [-0.39, 0.29) is 24.9 Å². The minimum Gasteiger partial charge on any atom is -0.484 e. The SMILES string of the molecule is CN(CC(=O)NCc1ccc(OCC(N)=O)cc1)Cc1cccc(F)c1. The van der Waals surface area contributed by atoms with Gasteiger partial charge in [0.05, 0.1) is 6.54 Å². The molecule has 3 N–H and O–H groups in total. The van der Waals surface area contributed by atoms with E-state index in [1.165, 1.54) is 12.1 Å². The number of likely N-dealkylation sites (N-methyl/N-ethyl adjacent to an activating group) is 1. The number of halogens is 1. The Morgan fingerprint density at radius 3 is 2.54 bits per heavy atom. The molecule has 2 aromatic rings. The van der Waals surface area contributed by atoms with Crippen molar-refractivity contribution < 1.29 is 18.7 Å². The molecule has 0 radical (unpaired) electrons. The molecule has 0 saturated carbocycles. The van der Waals surface area contributed by atoms with Crippen LogP contribution in [0.25, 0.3) is 0 Å². The topological polar surface area (TPSA) is 84.7 Å². The lowest BCUT2D eigenvalue weighted by Gasteiger charge is -2.16. The number of nitrogens with two attached hydrogens (primary N) is 1.